The number of rotatable bonds is 4. The molecule has 140 valence electrons. The summed E-state index contributed by atoms with van der Waals surface area (Å²) in [7, 11) is 0. The number of nitro benzene ring substituents is 1. The second-order valence-electron chi connectivity index (χ2n) is 5.94. The van der Waals surface area contributed by atoms with E-state index in [4.69, 9.17) is 12.2 Å². The van der Waals surface area contributed by atoms with Gasteiger partial charge in [0.15, 0.2) is 4.77 Å². The first-order valence-corrected chi connectivity index (χ1v) is 8.60. The van der Waals surface area contributed by atoms with Crippen LogP contribution in [0.4, 0.5) is 5.69 Å². The van der Waals surface area contributed by atoms with Crippen LogP contribution >= 0.6 is 12.2 Å². The smallest absolute Gasteiger partial charge is 0.277 e. The van der Waals surface area contributed by atoms with Gasteiger partial charge in [0.25, 0.3) is 11.2 Å². The number of aromatic amines is 1. The summed E-state index contributed by atoms with van der Waals surface area (Å²) in [5.74, 6) is -0.346. The summed E-state index contributed by atoms with van der Waals surface area (Å²) in [4.78, 5) is 25.3. The normalized spacial score (nSPS) is 10.2. The summed E-state index contributed by atoms with van der Waals surface area (Å²) in [6.45, 7) is 1.93. The number of H-pyrrole nitrogens is 1. The van der Waals surface area contributed by atoms with Gasteiger partial charge in [0, 0.05) is 6.07 Å². The maximum absolute atomic E-state index is 12.2. The van der Waals surface area contributed by atoms with E-state index in [0.29, 0.717) is 11.3 Å². The molecule has 7 nitrogen and oxygen atoms in total. The molecule has 3 aromatic rings. The summed E-state index contributed by atoms with van der Waals surface area (Å²) in [5.41, 5.74) is 3.92. The molecule has 0 spiro atoms. The molecule has 0 aliphatic heterocycles. The van der Waals surface area contributed by atoms with Crippen LogP contribution in [0.1, 0.15) is 16.7 Å². The minimum absolute atomic E-state index is 0.0474. The van der Waals surface area contributed by atoms with Gasteiger partial charge in [-0.2, -0.15) is 0 Å². The molecule has 0 saturated carbocycles. The molecule has 8 heteroatoms. The van der Waals surface area contributed by atoms with Crippen LogP contribution in [-0.2, 0) is 0 Å². The van der Waals surface area contributed by atoms with Crippen molar-refractivity contribution in [2.24, 2.45) is 0 Å². The van der Waals surface area contributed by atoms with Crippen LogP contribution in [0.3, 0.4) is 0 Å². The lowest BCUT2D eigenvalue weighted by molar-refractivity contribution is -0.385. The van der Waals surface area contributed by atoms with Crippen LogP contribution in [0.25, 0.3) is 17.8 Å². The molecule has 1 heterocycles. The topological polar surface area (TPSA) is 101 Å². The summed E-state index contributed by atoms with van der Waals surface area (Å²) in [6, 6.07) is 13.4. The molecule has 1 aromatic heterocycles. The Balaban J connectivity index is 2.11. The standard InChI is InChI=1S/C20H15N3O4S/c1-13-9-11-15(12-10-13)22-19(25)16(18(24)21-20(22)28)7-4-6-14-5-2-3-8-17(14)23(26)27/h2-3,5-12,25H,1H3,(H,21,24,28). The number of benzene rings is 2. The van der Waals surface area contributed by atoms with Gasteiger partial charge in [0.1, 0.15) is 5.56 Å². The van der Waals surface area contributed by atoms with E-state index in [1.165, 1.54) is 22.8 Å². The number of aromatic nitrogens is 2. The second kappa shape index (κ2) is 7.87. The van der Waals surface area contributed by atoms with Crippen molar-refractivity contribution in [3.05, 3.63) is 96.2 Å². The lowest BCUT2D eigenvalue weighted by Crippen LogP contribution is -2.15. The van der Waals surface area contributed by atoms with Gasteiger partial charge in [-0.25, -0.2) is 0 Å². The molecule has 0 aliphatic carbocycles. The van der Waals surface area contributed by atoms with Gasteiger partial charge in [-0.3, -0.25) is 24.5 Å². The zero-order valence-electron chi connectivity index (χ0n) is 14.7. The van der Waals surface area contributed by atoms with E-state index in [2.05, 4.69) is 10.7 Å². The number of aromatic hydroxyl groups is 1. The Morgan fingerprint density at radius 1 is 1.18 bits per heavy atom. The Kier molecular flexibility index (Phi) is 5.35. The van der Waals surface area contributed by atoms with E-state index in [0.717, 1.165) is 5.56 Å². The number of aryl methyl sites for hydroxylation is 1. The Labute approximate surface area is 164 Å². The van der Waals surface area contributed by atoms with Gasteiger partial charge < -0.3 is 5.11 Å². The zero-order chi connectivity index (χ0) is 20.3. The van der Waals surface area contributed by atoms with E-state index < -0.39 is 10.5 Å². The van der Waals surface area contributed by atoms with E-state index in [1.807, 2.05) is 19.1 Å². The first-order chi connectivity index (χ1) is 13.4. The molecule has 3 rings (SSSR count). The lowest BCUT2D eigenvalue weighted by Gasteiger charge is -2.11. The highest BCUT2D eigenvalue weighted by atomic mass is 32.1. The Morgan fingerprint density at radius 3 is 2.54 bits per heavy atom. The maximum Gasteiger partial charge on any atom is 0.277 e. The maximum atomic E-state index is 12.2. The van der Waals surface area contributed by atoms with E-state index in [-0.39, 0.29) is 21.9 Å². The van der Waals surface area contributed by atoms with Crippen molar-refractivity contribution in [1.82, 2.24) is 9.55 Å². The monoisotopic (exact) mass is 393 g/mol. The summed E-state index contributed by atoms with van der Waals surface area (Å²) in [6.07, 6.45) is 2.62. The van der Waals surface area contributed by atoms with Gasteiger partial charge in [0.05, 0.1) is 16.2 Å². The van der Waals surface area contributed by atoms with Crippen molar-refractivity contribution >= 4 is 30.1 Å². The number of nitrogens with one attached hydrogen (secondary N) is 1. The summed E-state index contributed by atoms with van der Waals surface area (Å²) < 4.78 is 1.38. The third-order valence-electron chi connectivity index (χ3n) is 4.01. The number of hydrogen-bond acceptors (Lipinski definition) is 5. The van der Waals surface area contributed by atoms with Crippen LogP contribution in [0.5, 0.6) is 5.88 Å². The average Bonchev–Trinajstić information content (AvgIpc) is 2.66. The van der Waals surface area contributed by atoms with Gasteiger partial charge in [-0.15, -0.1) is 5.73 Å². The van der Waals surface area contributed by atoms with Crippen molar-refractivity contribution in [2.45, 2.75) is 6.92 Å². The van der Waals surface area contributed by atoms with Gasteiger partial charge in [-0.1, -0.05) is 29.8 Å². The molecule has 0 aliphatic rings. The Bertz CT molecular complexity index is 1230. The third kappa shape index (κ3) is 3.83. The highest BCUT2D eigenvalue weighted by molar-refractivity contribution is 7.71. The zero-order valence-corrected chi connectivity index (χ0v) is 15.6. The molecule has 0 bridgehead atoms. The van der Waals surface area contributed by atoms with Gasteiger partial charge in [0.2, 0.25) is 5.88 Å². The lowest BCUT2D eigenvalue weighted by atomic mass is 10.1. The first-order valence-electron chi connectivity index (χ1n) is 8.19. The third-order valence-corrected chi connectivity index (χ3v) is 4.30. The fourth-order valence-corrected chi connectivity index (χ4v) is 2.88. The van der Waals surface area contributed by atoms with Crippen LogP contribution in [0, 0.1) is 21.8 Å². The number of nitrogens with zero attached hydrogens (tertiary/aromatic N) is 2. The molecule has 0 atom stereocenters. The molecule has 0 amide bonds. The van der Waals surface area contributed by atoms with Crippen LogP contribution in [-0.4, -0.2) is 19.6 Å². The van der Waals surface area contributed by atoms with Crippen molar-refractivity contribution in [3.63, 3.8) is 0 Å². The van der Waals surface area contributed by atoms with Crippen LogP contribution < -0.4 is 5.56 Å². The molecule has 2 aromatic carbocycles. The van der Waals surface area contributed by atoms with E-state index in [9.17, 15) is 20.0 Å². The van der Waals surface area contributed by atoms with Crippen molar-refractivity contribution in [1.29, 1.82) is 0 Å². The van der Waals surface area contributed by atoms with Gasteiger partial charge in [-0.05, 0) is 49.5 Å². The van der Waals surface area contributed by atoms with E-state index >= 15 is 0 Å². The molecular formula is C20H15N3O4S. The molecule has 28 heavy (non-hydrogen) atoms. The number of hydrogen-bond donors (Lipinski definition) is 2. The van der Waals surface area contributed by atoms with Crippen molar-refractivity contribution < 1.29 is 10.0 Å². The predicted molar refractivity (Wildman–Crippen MR) is 109 cm³/mol. The second-order valence-corrected chi connectivity index (χ2v) is 6.33. The first kappa shape index (κ1) is 19.0. The van der Waals surface area contributed by atoms with Gasteiger partial charge >= 0.3 is 0 Å². The van der Waals surface area contributed by atoms with Crippen molar-refractivity contribution in [2.75, 3.05) is 0 Å². The largest absolute Gasteiger partial charge is 0.494 e. The quantitative estimate of drug-likeness (QED) is 0.300. The molecule has 0 unspecified atom stereocenters. The Morgan fingerprint density at radius 2 is 1.86 bits per heavy atom. The molecule has 2 N–H and O–H groups in total. The minimum atomic E-state index is -0.589. The Hall–Kier alpha value is -3.74. The fraction of sp³-hybridized carbons (Fsp3) is 0.0500. The molecule has 0 fully saturated rings. The number of nitro groups is 1. The van der Waals surface area contributed by atoms with Crippen LogP contribution in [0.2, 0.25) is 0 Å². The van der Waals surface area contributed by atoms with E-state index in [1.54, 1.807) is 30.3 Å². The fourth-order valence-electron chi connectivity index (χ4n) is 2.59. The highest BCUT2D eigenvalue weighted by Gasteiger charge is 2.12. The van der Waals surface area contributed by atoms with Crippen molar-refractivity contribution in [3.8, 4) is 11.6 Å². The highest BCUT2D eigenvalue weighted by Crippen LogP contribution is 2.22. The predicted octanol–water partition coefficient (Wildman–Crippen LogP) is 4.14. The van der Waals surface area contributed by atoms with Crippen LogP contribution in [0.15, 0.2) is 59.1 Å². The number of para-hydroxylation sites is 1. The summed E-state index contributed by atoms with van der Waals surface area (Å²) in [5, 5.41) is 21.7. The summed E-state index contributed by atoms with van der Waals surface area (Å²) >= 11 is 5.17. The molecule has 0 saturated heterocycles. The molecular weight excluding hydrogens is 378 g/mol. The average molecular weight is 393 g/mol. The SMILES string of the molecule is Cc1ccc(-n2c(O)c(C=C=Cc3ccccc3[N+](=O)[O-])c(=O)[nH]c2=S)cc1. The minimum Gasteiger partial charge on any atom is -0.494 e. The molecule has 0 radical (unpaired) electrons.